The fraction of sp³-hybridized carbons (Fsp3) is 0.500. The van der Waals surface area contributed by atoms with Crippen molar-refractivity contribution in [1.29, 1.82) is 0 Å². The maximum absolute atomic E-state index is 11.4. The van der Waals surface area contributed by atoms with Gasteiger partial charge >= 0.3 is 0 Å². The molecule has 0 atom stereocenters. The van der Waals surface area contributed by atoms with Crippen LogP contribution in [0.4, 0.5) is 5.82 Å². The summed E-state index contributed by atoms with van der Waals surface area (Å²) in [5.74, 6) is 0.791. The van der Waals surface area contributed by atoms with E-state index in [0.717, 1.165) is 13.1 Å². The van der Waals surface area contributed by atoms with Crippen LogP contribution >= 0.6 is 0 Å². The largest absolute Gasteiger partial charge is 0.338 e. The Kier molecular flexibility index (Phi) is 2.02. The van der Waals surface area contributed by atoms with Crippen LogP contribution in [0.5, 0.6) is 0 Å². The first kappa shape index (κ1) is 8.25. The Morgan fingerprint density at radius 1 is 1.77 bits per heavy atom. The highest BCUT2D eigenvalue weighted by molar-refractivity contribution is 5.92. The number of amides is 1. The highest BCUT2D eigenvalue weighted by Crippen LogP contribution is 2.07. The van der Waals surface area contributed by atoms with Crippen molar-refractivity contribution < 1.29 is 4.79 Å². The van der Waals surface area contributed by atoms with Crippen LogP contribution in [0.3, 0.4) is 0 Å². The lowest BCUT2D eigenvalue weighted by Gasteiger charge is -2.25. The molecule has 0 radical (unpaired) electrons. The summed E-state index contributed by atoms with van der Waals surface area (Å²) in [4.78, 5) is 15.4. The van der Waals surface area contributed by atoms with Crippen molar-refractivity contribution in [2.75, 3.05) is 18.4 Å². The summed E-state index contributed by atoms with van der Waals surface area (Å²) in [6.45, 7) is 1.55. The number of aromatic nitrogens is 2. The molecule has 0 saturated carbocycles. The summed E-state index contributed by atoms with van der Waals surface area (Å²) in [7, 11) is 1.87. The maximum Gasteiger partial charge on any atom is 0.231 e. The maximum atomic E-state index is 11.4. The van der Waals surface area contributed by atoms with Gasteiger partial charge in [0, 0.05) is 26.3 Å². The molecule has 1 fully saturated rings. The minimum absolute atomic E-state index is 0.0532. The predicted molar refractivity (Wildman–Crippen MR) is 48.2 cm³/mol. The molecule has 2 heterocycles. The first-order chi connectivity index (χ1) is 6.25. The van der Waals surface area contributed by atoms with Crippen LogP contribution in [0.1, 0.15) is 0 Å². The van der Waals surface area contributed by atoms with E-state index in [4.69, 9.17) is 0 Å². The molecule has 2 rings (SSSR count). The lowest BCUT2D eigenvalue weighted by Crippen LogP contribution is -2.48. The zero-order valence-corrected chi connectivity index (χ0v) is 7.45. The molecule has 1 aromatic heterocycles. The number of carbonyl (C=O) groups excluding carboxylic acids is 1. The van der Waals surface area contributed by atoms with Crippen LogP contribution in [-0.4, -0.2) is 28.5 Å². The van der Waals surface area contributed by atoms with Gasteiger partial charge in [-0.25, -0.2) is 4.98 Å². The minimum Gasteiger partial charge on any atom is -0.338 e. The quantitative estimate of drug-likeness (QED) is 0.649. The van der Waals surface area contributed by atoms with Crippen LogP contribution in [0.15, 0.2) is 12.5 Å². The van der Waals surface area contributed by atoms with Crippen molar-refractivity contribution in [3.8, 4) is 0 Å². The molecule has 0 bridgehead atoms. The van der Waals surface area contributed by atoms with Crippen LogP contribution in [0.25, 0.3) is 0 Å². The Morgan fingerprint density at radius 3 is 3.00 bits per heavy atom. The molecule has 70 valence electrons. The molecule has 0 unspecified atom stereocenters. The summed E-state index contributed by atoms with van der Waals surface area (Å²) in [5.41, 5.74) is 0. The third-order valence-corrected chi connectivity index (χ3v) is 2.11. The molecular formula is C8H12N4O. The zero-order chi connectivity index (χ0) is 9.26. The van der Waals surface area contributed by atoms with Crippen LogP contribution in [-0.2, 0) is 11.8 Å². The number of anilines is 1. The Bertz CT molecular complexity index is 316. The van der Waals surface area contributed by atoms with E-state index in [9.17, 15) is 4.79 Å². The second kappa shape index (κ2) is 3.18. The van der Waals surface area contributed by atoms with Gasteiger partial charge in [0.15, 0.2) is 5.82 Å². The SMILES string of the molecule is Cn1cnc(NC(=O)C2CNC2)c1. The van der Waals surface area contributed by atoms with Crippen molar-refractivity contribution in [3.05, 3.63) is 12.5 Å². The molecule has 0 spiro atoms. The van der Waals surface area contributed by atoms with Gasteiger partial charge in [-0.2, -0.15) is 0 Å². The highest BCUT2D eigenvalue weighted by Gasteiger charge is 2.24. The fourth-order valence-corrected chi connectivity index (χ4v) is 1.18. The van der Waals surface area contributed by atoms with Crippen molar-refractivity contribution >= 4 is 11.7 Å². The number of nitrogens with zero attached hydrogens (tertiary/aromatic N) is 2. The van der Waals surface area contributed by atoms with E-state index in [2.05, 4.69) is 15.6 Å². The smallest absolute Gasteiger partial charge is 0.231 e. The molecule has 1 aromatic rings. The van der Waals surface area contributed by atoms with Gasteiger partial charge in [-0.05, 0) is 0 Å². The van der Waals surface area contributed by atoms with Gasteiger partial charge in [-0.15, -0.1) is 0 Å². The summed E-state index contributed by atoms with van der Waals surface area (Å²) < 4.78 is 1.80. The average molecular weight is 180 g/mol. The number of nitrogens with one attached hydrogen (secondary N) is 2. The average Bonchev–Trinajstić information content (AvgIpc) is 2.31. The molecular weight excluding hydrogens is 168 g/mol. The number of rotatable bonds is 2. The first-order valence-electron chi connectivity index (χ1n) is 4.25. The first-order valence-corrected chi connectivity index (χ1v) is 4.25. The summed E-state index contributed by atoms with van der Waals surface area (Å²) in [5, 5.41) is 5.80. The normalized spacial score (nSPS) is 16.7. The minimum atomic E-state index is 0.0532. The fourth-order valence-electron chi connectivity index (χ4n) is 1.18. The Morgan fingerprint density at radius 2 is 2.54 bits per heavy atom. The van der Waals surface area contributed by atoms with Crippen LogP contribution in [0.2, 0.25) is 0 Å². The molecule has 13 heavy (non-hydrogen) atoms. The Balaban J connectivity index is 1.93. The zero-order valence-electron chi connectivity index (χ0n) is 7.45. The molecule has 5 heteroatoms. The van der Waals surface area contributed by atoms with Gasteiger partial charge in [-0.3, -0.25) is 4.79 Å². The summed E-state index contributed by atoms with van der Waals surface area (Å²) in [6.07, 6.45) is 3.44. The van der Waals surface area contributed by atoms with Crippen molar-refractivity contribution in [1.82, 2.24) is 14.9 Å². The van der Waals surface area contributed by atoms with Crippen LogP contribution < -0.4 is 10.6 Å². The second-order valence-corrected chi connectivity index (χ2v) is 3.27. The topological polar surface area (TPSA) is 59.0 Å². The van der Waals surface area contributed by atoms with E-state index < -0.39 is 0 Å². The van der Waals surface area contributed by atoms with Gasteiger partial charge in [0.1, 0.15) is 0 Å². The van der Waals surface area contributed by atoms with Crippen molar-refractivity contribution in [2.24, 2.45) is 13.0 Å². The standard InChI is InChI=1S/C8H12N4O/c1-12-4-7(10-5-12)11-8(13)6-2-9-3-6/h4-6,9H,2-3H2,1H3,(H,11,13). The van der Waals surface area contributed by atoms with E-state index in [0.29, 0.717) is 5.82 Å². The van der Waals surface area contributed by atoms with Crippen molar-refractivity contribution in [3.63, 3.8) is 0 Å². The van der Waals surface area contributed by atoms with Crippen molar-refractivity contribution in [2.45, 2.75) is 0 Å². The molecule has 1 aliphatic rings. The highest BCUT2D eigenvalue weighted by atomic mass is 16.2. The van der Waals surface area contributed by atoms with E-state index >= 15 is 0 Å². The Labute approximate surface area is 76.2 Å². The number of hydrogen-bond donors (Lipinski definition) is 2. The number of aryl methyl sites for hydroxylation is 1. The molecule has 1 amide bonds. The molecule has 2 N–H and O–H groups in total. The lowest BCUT2D eigenvalue weighted by atomic mass is 10.0. The monoisotopic (exact) mass is 180 g/mol. The van der Waals surface area contributed by atoms with Gasteiger partial charge in [-0.1, -0.05) is 0 Å². The van der Waals surface area contributed by atoms with E-state index in [-0.39, 0.29) is 11.8 Å². The van der Waals surface area contributed by atoms with Crippen LogP contribution in [0, 0.1) is 5.92 Å². The van der Waals surface area contributed by atoms with E-state index in [1.54, 1.807) is 17.1 Å². The molecule has 0 aliphatic carbocycles. The lowest BCUT2D eigenvalue weighted by molar-refractivity contribution is -0.121. The number of imidazole rings is 1. The summed E-state index contributed by atoms with van der Waals surface area (Å²) in [6, 6.07) is 0. The molecule has 1 aliphatic heterocycles. The molecule has 5 nitrogen and oxygen atoms in total. The Hall–Kier alpha value is -1.36. The molecule has 0 aromatic carbocycles. The second-order valence-electron chi connectivity index (χ2n) is 3.27. The van der Waals surface area contributed by atoms with E-state index in [1.807, 2.05) is 7.05 Å². The van der Waals surface area contributed by atoms with E-state index in [1.165, 1.54) is 0 Å². The summed E-state index contributed by atoms with van der Waals surface area (Å²) >= 11 is 0. The third kappa shape index (κ3) is 1.70. The van der Waals surface area contributed by atoms with Gasteiger partial charge in [0.05, 0.1) is 12.2 Å². The van der Waals surface area contributed by atoms with Gasteiger partial charge < -0.3 is 15.2 Å². The number of carbonyl (C=O) groups is 1. The van der Waals surface area contributed by atoms with Gasteiger partial charge in [0.25, 0.3) is 0 Å². The molecule has 1 saturated heterocycles. The third-order valence-electron chi connectivity index (χ3n) is 2.11. The number of hydrogen-bond acceptors (Lipinski definition) is 3. The van der Waals surface area contributed by atoms with Gasteiger partial charge in [0.2, 0.25) is 5.91 Å². The predicted octanol–water partition coefficient (Wildman–Crippen LogP) is -0.422.